The van der Waals surface area contributed by atoms with Gasteiger partial charge in [-0.05, 0) is 62.7 Å². The number of aryl methyl sites for hydroxylation is 3. The fourth-order valence-electron chi connectivity index (χ4n) is 3.33. The molecule has 4 aromatic rings. The Morgan fingerprint density at radius 3 is 2.41 bits per heavy atom. The lowest BCUT2D eigenvalue weighted by Gasteiger charge is -2.09. The number of anilines is 1. The Labute approximate surface area is 169 Å². The number of hydrogen-bond donors (Lipinski definition) is 1. The quantitative estimate of drug-likeness (QED) is 0.564. The summed E-state index contributed by atoms with van der Waals surface area (Å²) in [5, 5.41) is 11.9. The van der Waals surface area contributed by atoms with Gasteiger partial charge in [-0.15, -0.1) is 0 Å². The molecular weight excluding hydrogens is 362 g/mol. The molecule has 0 spiro atoms. The molecule has 0 saturated heterocycles. The van der Waals surface area contributed by atoms with Crippen LogP contribution in [0.5, 0.6) is 0 Å². The van der Waals surface area contributed by atoms with Crippen LogP contribution < -0.4 is 5.32 Å². The van der Waals surface area contributed by atoms with Crippen molar-refractivity contribution in [2.45, 2.75) is 20.8 Å². The van der Waals surface area contributed by atoms with Crippen molar-refractivity contribution < 1.29 is 4.79 Å². The van der Waals surface area contributed by atoms with E-state index in [1.165, 1.54) is 0 Å². The normalized spacial score (nSPS) is 10.9. The summed E-state index contributed by atoms with van der Waals surface area (Å²) in [5.41, 5.74) is 7.42. The lowest BCUT2D eigenvalue weighted by molar-refractivity contribution is 0.102. The second-order valence-electron chi connectivity index (χ2n) is 7.23. The number of nitrogens with zero attached hydrogens (tertiary/aromatic N) is 4. The van der Waals surface area contributed by atoms with Gasteiger partial charge in [-0.2, -0.15) is 10.2 Å². The number of aromatic nitrogens is 4. The Morgan fingerprint density at radius 2 is 1.76 bits per heavy atom. The highest BCUT2D eigenvalue weighted by Crippen LogP contribution is 2.22. The van der Waals surface area contributed by atoms with Gasteiger partial charge in [-0.3, -0.25) is 9.48 Å². The maximum Gasteiger partial charge on any atom is 0.255 e. The van der Waals surface area contributed by atoms with Gasteiger partial charge in [0.25, 0.3) is 5.91 Å². The maximum absolute atomic E-state index is 12.6. The van der Waals surface area contributed by atoms with E-state index in [2.05, 4.69) is 15.5 Å². The van der Waals surface area contributed by atoms with Crippen LogP contribution in [0.1, 0.15) is 27.2 Å². The largest absolute Gasteiger partial charge is 0.322 e. The molecular formula is C23H23N5O. The Balaban J connectivity index is 1.51. The lowest BCUT2D eigenvalue weighted by atomic mass is 10.1. The van der Waals surface area contributed by atoms with Crippen LogP contribution in [0.2, 0.25) is 0 Å². The zero-order valence-corrected chi connectivity index (χ0v) is 17.0. The minimum absolute atomic E-state index is 0.108. The van der Waals surface area contributed by atoms with E-state index in [1.54, 1.807) is 0 Å². The van der Waals surface area contributed by atoms with Gasteiger partial charge < -0.3 is 5.32 Å². The molecule has 146 valence electrons. The zero-order chi connectivity index (χ0) is 20.5. The van der Waals surface area contributed by atoms with Crippen molar-refractivity contribution in [1.82, 2.24) is 19.6 Å². The van der Waals surface area contributed by atoms with Crippen molar-refractivity contribution in [3.63, 3.8) is 0 Å². The van der Waals surface area contributed by atoms with Crippen LogP contribution in [0.3, 0.4) is 0 Å². The molecule has 0 fully saturated rings. The molecule has 6 heteroatoms. The molecule has 0 aliphatic carbocycles. The highest BCUT2D eigenvalue weighted by atomic mass is 16.1. The van der Waals surface area contributed by atoms with E-state index < -0.39 is 0 Å². The van der Waals surface area contributed by atoms with Crippen LogP contribution in [0, 0.1) is 20.8 Å². The summed E-state index contributed by atoms with van der Waals surface area (Å²) in [6, 6.07) is 15.4. The second-order valence-corrected chi connectivity index (χ2v) is 7.23. The second kappa shape index (κ2) is 7.39. The van der Waals surface area contributed by atoms with E-state index in [0.717, 1.165) is 39.5 Å². The summed E-state index contributed by atoms with van der Waals surface area (Å²) in [6.45, 7) is 5.99. The van der Waals surface area contributed by atoms with E-state index in [4.69, 9.17) is 0 Å². The minimum Gasteiger partial charge on any atom is -0.322 e. The monoisotopic (exact) mass is 385 g/mol. The summed E-state index contributed by atoms with van der Waals surface area (Å²) >= 11 is 0. The van der Waals surface area contributed by atoms with Crippen molar-refractivity contribution in [2.24, 2.45) is 7.05 Å². The van der Waals surface area contributed by atoms with Crippen molar-refractivity contribution >= 4 is 11.6 Å². The molecule has 0 aliphatic rings. The molecule has 1 N–H and O–H groups in total. The number of amides is 1. The van der Waals surface area contributed by atoms with E-state index in [0.29, 0.717) is 5.56 Å². The molecule has 0 aliphatic heterocycles. The van der Waals surface area contributed by atoms with Gasteiger partial charge in [0.1, 0.15) is 0 Å². The SMILES string of the molecule is Cc1ccc(C(=O)Nc2ccc(-n3ccc(-c4cnn(C)c4C)n3)cc2)c(C)c1. The third-order valence-electron chi connectivity index (χ3n) is 5.12. The van der Waals surface area contributed by atoms with Crippen molar-refractivity contribution in [2.75, 3.05) is 5.32 Å². The third-order valence-corrected chi connectivity index (χ3v) is 5.12. The van der Waals surface area contributed by atoms with E-state index in [9.17, 15) is 4.79 Å². The standard InChI is InChI=1S/C23H23N5O/c1-15-5-10-20(16(2)13-15)23(29)25-18-6-8-19(9-7-18)28-12-11-22(26-28)21-14-24-27(4)17(21)3/h5-14H,1-4H3,(H,25,29). The summed E-state index contributed by atoms with van der Waals surface area (Å²) in [4.78, 5) is 12.6. The minimum atomic E-state index is -0.108. The maximum atomic E-state index is 12.6. The van der Waals surface area contributed by atoms with E-state index >= 15 is 0 Å². The Morgan fingerprint density at radius 1 is 1.00 bits per heavy atom. The van der Waals surface area contributed by atoms with Gasteiger partial charge in [-0.25, -0.2) is 4.68 Å². The van der Waals surface area contributed by atoms with Gasteiger partial charge >= 0.3 is 0 Å². The lowest BCUT2D eigenvalue weighted by Crippen LogP contribution is -2.13. The van der Waals surface area contributed by atoms with Gasteiger partial charge in [0, 0.05) is 35.8 Å². The van der Waals surface area contributed by atoms with Gasteiger partial charge in [0.15, 0.2) is 0 Å². The molecule has 0 saturated carbocycles. The number of carbonyl (C=O) groups is 1. The average molecular weight is 385 g/mol. The summed E-state index contributed by atoms with van der Waals surface area (Å²) in [7, 11) is 1.92. The number of nitrogens with one attached hydrogen (secondary N) is 1. The fraction of sp³-hybridized carbons (Fsp3) is 0.174. The van der Waals surface area contributed by atoms with Gasteiger partial charge in [0.05, 0.1) is 17.6 Å². The molecule has 0 radical (unpaired) electrons. The number of carbonyl (C=O) groups excluding carboxylic acids is 1. The average Bonchev–Trinajstić information content (AvgIpc) is 3.30. The van der Waals surface area contributed by atoms with Crippen LogP contribution >= 0.6 is 0 Å². The first-order valence-electron chi connectivity index (χ1n) is 9.46. The molecule has 1 amide bonds. The summed E-state index contributed by atoms with van der Waals surface area (Å²) in [6.07, 6.45) is 3.75. The van der Waals surface area contributed by atoms with Crippen molar-refractivity contribution in [3.05, 3.63) is 83.3 Å². The molecule has 4 rings (SSSR count). The molecule has 2 aromatic heterocycles. The van der Waals surface area contributed by atoms with Crippen molar-refractivity contribution in [1.29, 1.82) is 0 Å². The van der Waals surface area contributed by atoms with Gasteiger partial charge in [-0.1, -0.05) is 17.7 Å². The molecule has 2 heterocycles. The molecule has 0 unspecified atom stereocenters. The molecule has 0 bridgehead atoms. The Hall–Kier alpha value is -3.67. The third kappa shape index (κ3) is 3.69. The number of rotatable bonds is 4. The smallest absolute Gasteiger partial charge is 0.255 e. The number of hydrogen-bond acceptors (Lipinski definition) is 3. The van der Waals surface area contributed by atoms with E-state index in [1.807, 2.05) is 98.1 Å². The van der Waals surface area contributed by atoms with Crippen LogP contribution in [0.25, 0.3) is 16.9 Å². The van der Waals surface area contributed by atoms with Crippen LogP contribution in [-0.2, 0) is 7.05 Å². The molecule has 6 nitrogen and oxygen atoms in total. The summed E-state index contributed by atoms with van der Waals surface area (Å²) < 4.78 is 3.65. The van der Waals surface area contributed by atoms with E-state index in [-0.39, 0.29) is 5.91 Å². The molecule has 0 atom stereocenters. The first-order chi connectivity index (χ1) is 13.9. The van der Waals surface area contributed by atoms with Crippen LogP contribution in [0.4, 0.5) is 5.69 Å². The first kappa shape index (κ1) is 18.7. The zero-order valence-electron chi connectivity index (χ0n) is 17.0. The molecule has 2 aromatic carbocycles. The predicted octanol–water partition coefficient (Wildman–Crippen LogP) is 4.45. The summed E-state index contributed by atoms with van der Waals surface area (Å²) in [5.74, 6) is -0.108. The van der Waals surface area contributed by atoms with Crippen molar-refractivity contribution in [3.8, 4) is 16.9 Å². The predicted molar refractivity (Wildman–Crippen MR) is 114 cm³/mol. The topological polar surface area (TPSA) is 64.7 Å². The van der Waals surface area contributed by atoms with Gasteiger partial charge in [0.2, 0.25) is 0 Å². The highest BCUT2D eigenvalue weighted by Gasteiger charge is 2.11. The Kier molecular flexibility index (Phi) is 4.76. The van der Waals surface area contributed by atoms with Crippen LogP contribution in [-0.4, -0.2) is 25.5 Å². The number of benzene rings is 2. The Bertz CT molecular complexity index is 1180. The highest BCUT2D eigenvalue weighted by molar-refractivity contribution is 6.05. The fourth-order valence-corrected chi connectivity index (χ4v) is 3.33. The van der Waals surface area contributed by atoms with Crippen LogP contribution in [0.15, 0.2) is 60.9 Å². The molecule has 29 heavy (non-hydrogen) atoms. The first-order valence-corrected chi connectivity index (χ1v) is 9.46.